The molecule has 5 nitrogen and oxygen atoms in total. The number of nitrogens with zero attached hydrogens (tertiary/aromatic N) is 1. The Balaban J connectivity index is 1.74. The Bertz CT molecular complexity index is 1110. The van der Waals surface area contributed by atoms with Crippen LogP contribution in [0.15, 0.2) is 47.2 Å². The molecule has 0 radical (unpaired) electrons. The van der Waals surface area contributed by atoms with Crippen LogP contribution in [0, 0.1) is 11.6 Å². The van der Waals surface area contributed by atoms with Gasteiger partial charge in [0, 0.05) is 23.2 Å². The highest BCUT2D eigenvalue weighted by atomic mass is 79.9. The lowest BCUT2D eigenvalue weighted by atomic mass is 10.2. The quantitative estimate of drug-likeness (QED) is 0.441. The van der Waals surface area contributed by atoms with E-state index in [4.69, 9.17) is 9.84 Å². The number of halogens is 3. The summed E-state index contributed by atoms with van der Waals surface area (Å²) in [4.78, 5) is 9.78. The van der Waals surface area contributed by atoms with Crippen molar-refractivity contribution in [2.75, 3.05) is 0 Å². The van der Waals surface area contributed by atoms with Gasteiger partial charge in [0.15, 0.2) is 11.6 Å². The largest absolute Gasteiger partial charge is 0.453 e. The Morgan fingerprint density at radius 3 is 2.77 bits per heavy atom. The normalized spacial score (nSPS) is 11.2. The molecular weight excluding hydrogens is 408 g/mol. The van der Waals surface area contributed by atoms with Crippen LogP contribution in [-0.4, -0.2) is 20.1 Å². The fourth-order valence-corrected chi connectivity index (χ4v) is 3.27. The molecule has 0 saturated carbocycles. The number of rotatable bonds is 4. The van der Waals surface area contributed by atoms with Gasteiger partial charge in [-0.3, -0.25) is 0 Å². The summed E-state index contributed by atoms with van der Waals surface area (Å²) in [6.45, 7) is -0.236. The molecule has 0 atom stereocenters. The lowest BCUT2D eigenvalue weighted by molar-refractivity contribution is 0.277. The SMILES string of the molecule is OCc1cnc(-c2cc(Oc3c(F)cc4[nH]ccc4c3Br)ccc2F)[nH]1. The van der Waals surface area contributed by atoms with Crippen molar-refractivity contribution < 1.29 is 18.6 Å². The molecular formula is C18H12BrF2N3O2. The predicted octanol–water partition coefficient (Wildman–Crippen LogP) is 4.88. The second-order valence-corrected chi connectivity index (χ2v) is 6.39. The van der Waals surface area contributed by atoms with Crippen LogP contribution >= 0.6 is 15.9 Å². The molecule has 2 aromatic carbocycles. The minimum absolute atomic E-state index is 0.00477. The Morgan fingerprint density at radius 2 is 2.00 bits per heavy atom. The van der Waals surface area contributed by atoms with Crippen molar-refractivity contribution >= 4 is 26.8 Å². The Morgan fingerprint density at radius 1 is 1.15 bits per heavy atom. The van der Waals surface area contributed by atoms with Crippen molar-refractivity contribution in [1.29, 1.82) is 0 Å². The molecule has 8 heteroatoms. The summed E-state index contributed by atoms with van der Waals surface area (Å²) in [5.74, 6) is -0.573. The molecule has 4 rings (SSSR count). The maximum atomic E-state index is 14.4. The molecule has 0 aliphatic rings. The van der Waals surface area contributed by atoms with Crippen LogP contribution in [-0.2, 0) is 6.61 Å². The van der Waals surface area contributed by atoms with Crippen molar-refractivity contribution in [3.05, 3.63) is 64.5 Å². The first-order valence-electron chi connectivity index (χ1n) is 7.64. The minimum Gasteiger partial charge on any atom is -0.453 e. The Hall–Kier alpha value is -2.71. The third-order valence-corrected chi connectivity index (χ3v) is 4.70. The van der Waals surface area contributed by atoms with E-state index in [0.717, 1.165) is 5.39 Å². The van der Waals surface area contributed by atoms with E-state index in [-0.39, 0.29) is 29.5 Å². The van der Waals surface area contributed by atoms with Crippen molar-refractivity contribution in [2.24, 2.45) is 0 Å². The van der Waals surface area contributed by atoms with Crippen molar-refractivity contribution in [1.82, 2.24) is 15.0 Å². The second-order valence-electron chi connectivity index (χ2n) is 5.60. The van der Waals surface area contributed by atoms with E-state index >= 15 is 0 Å². The van der Waals surface area contributed by atoms with Crippen LogP contribution in [0.4, 0.5) is 8.78 Å². The van der Waals surface area contributed by atoms with E-state index in [9.17, 15) is 8.78 Å². The summed E-state index contributed by atoms with van der Waals surface area (Å²) in [6, 6.07) is 7.16. The van der Waals surface area contributed by atoms with Gasteiger partial charge in [-0.05, 0) is 40.2 Å². The molecule has 0 aliphatic carbocycles. The number of H-pyrrole nitrogens is 2. The average Bonchev–Trinajstić information content (AvgIpc) is 3.29. The van der Waals surface area contributed by atoms with Gasteiger partial charge in [-0.25, -0.2) is 13.8 Å². The van der Waals surface area contributed by atoms with Gasteiger partial charge in [-0.1, -0.05) is 0 Å². The molecule has 4 aromatic rings. The molecule has 0 amide bonds. The number of fused-ring (bicyclic) bond motifs is 1. The number of ether oxygens (including phenoxy) is 1. The maximum absolute atomic E-state index is 14.4. The first-order valence-corrected chi connectivity index (χ1v) is 8.43. The molecule has 0 aliphatic heterocycles. The van der Waals surface area contributed by atoms with Gasteiger partial charge in [0.2, 0.25) is 0 Å². The maximum Gasteiger partial charge on any atom is 0.177 e. The highest BCUT2D eigenvalue weighted by molar-refractivity contribution is 9.10. The number of aliphatic hydroxyl groups excluding tert-OH is 1. The Kier molecular flexibility index (Phi) is 4.21. The fraction of sp³-hybridized carbons (Fsp3) is 0.0556. The van der Waals surface area contributed by atoms with Gasteiger partial charge >= 0.3 is 0 Å². The molecule has 0 bridgehead atoms. The number of aliphatic hydroxyl groups is 1. The number of aromatic nitrogens is 3. The van der Waals surface area contributed by atoms with E-state index in [1.54, 1.807) is 12.3 Å². The molecule has 0 saturated heterocycles. The zero-order valence-electron chi connectivity index (χ0n) is 13.2. The van der Waals surface area contributed by atoms with Crippen molar-refractivity contribution in [3.63, 3.8) is 0 Å². The fourth-order valence-electron chi connectivity index (χ4n) is 2.65. The number of hydrogen-bond donors (Lipinski definition) is 3. The van der Waals surface area contributed by atoms with Crippen LogP contribution in [0.3, 0.4) is 0 Å². The van der Waals surface area contributed by atoms with E-state index in [1.165, 1.54) is 30.5 Å². The third-order valence-electron chi connectivity index (χ3n) is 3.91. The third kappa shape index (κ3) is 2.87. The lowest BCUT2D eigenvalue weighted by Gasteiger charge is -2.11. The number of benzene rings is 2. The topological polar surface area (TPSA) is 73.9 Å². The summed E-state index contributed by atoms with van der Waals surface area (Å²) in [6.07, 6.45) is 3.11. The molecule has 0 unspecified atom stereocenters. The van der Waals surface area contributed by atoms with Gasteiger partial charge in [-0.15, -0.1) is 0 Å². The molecule has 2 heterocycles. The highest BCUT2D eigenvalue weighted by Gasteiger charge is 2.17. The summed E-state index contributed by atoms with van der Waals surface area (Å²) in [7, 11) is 0. The van der Waals surface area contributed by atoms with Gasteiger partial charge in [0.1, 0.15) is 17.4 Å². The van der Waals surface area contributed by atoms with E-state index < -0.39 is 11.6 Å². The molecule has 26 heavy (non-hydrogen) atoms. The predicted molar refractivity (Wildman–Crippen MR) is 95.9 cm³/mol. The van der Waals surface area contributed by atoms with E-state index in [2.05, 4.69) is 30.9 Å². The van der Waals surface area contributed by atoms with Crippen LogP contribution in [0.25, 0.3) is 22.3 Å². The minimum atomic E-state index is -0.557. The first-order chi connectivity index (χ1) is 12.6. The number of aromatic amines is 2. The van der Waals surface area contributed by atoms with Gasteiger partial charge in [0.25, 0.3) is 0 Å². The standard InChI is InChI=1S/C18H12BrF2N3O2/c19-16-11-3-4-22-15(11)6-14(21)17(16)26-10-1-2-13(20)12(5-10)18-23-7-9(8-25)24-18/h1-7,22,25H,8H2,(H,23,24). The van der Waals surface area contributed by atoms with Gasteiger partial charge < -0.3 is 19.8 Å². The summed E-state index contributed by atoms with van der Waals surface area (Å²) in [5, 5.41) is 9.87. The first kappa shape index (κ1) is 16.7. The van der Waals surface area contributed by atoms with Crippen LogP contribution in [0.1, 0.15) is 5.69 Å². The van der Waals surface area contributed by atoms with Crippen molar-refractivity contribution in [2.45, 2.75) is 6.61 Å². The Labute approximate surface area is 154 Å². The molecule has 3 N–H and O–H groups in total. The monoisotopic (exact) mass is 419 g/mol. The van der Waals surface area contributed by atoms with Crippen LogP contribution in [0.2, 0.25) is 0 Å². The summed E-state index contributed by atoms with van der Waals surface area (Å²) < 4.78 is 34.7. The summed E-state index contributed by atoms with van der Waals surface area (Å²) in [5.41, 5.74) is 1.24. The smallest absolute Gasteiger partial charge is 0.177 e. The lowest BCUT2D eigenvalue weighted by Crippen LogP contribution is -1.93. The number of hydrogen-bond acceptors (Lipinski definition) is 3. The van der Waals surface area contributed by atoms with E-state index in [0.29, 0.717) is 15.7 Å². The second kappa shape index (κ2) is 6.54. The van der Waals surface area contributed by atoms with E-state index in [1.807, 2.05) is 0 Å². The molecule has 0 spiro atoms. The van der Waals surface area contributed by atoms with Crippen LogP contribution < -0.4 is 4.74 Å². The average molecular weight is 420 g/mol. The zero-order chi connectivity index (χ0) is 18.3. The van der Waals surface area contributed by atoms with Gasteiger partial charge in [-0.2, -0.15) is 0 Å². The zero-order valence-corrected chi connectivity index (χ0v) is 14.8. The molecule has 132 valence electrons. The highest BCUT2D eigenvalue weighted by Crippen LogP contribution is 2.39. The molecule has 2 aromatic heterocycles. The van der Waals surface area contributed by atoms with Crippen molar-refractivity contribution in [3.8, 4) is 22.9 Å². The van der Waals surface area contributed by atoms with Gasteiger partial charge in [0.05, 0.1) is 28.5 Å². The number of nitrogens with one attached hydrogen (secondary N) is 2. The number of imidazole rings is 1. The van der Waals surface area contributed by atoms with Crippen LogP contribution in [0.5, 0.6) is 11.5 Å². The summed E-state index contributed by atoms with van der Waals surface area (Å²) >= 11 is 3.35. The molecule has 0 fully saturated rings.